The Balaban J connectivity index is 2.12. The van der Waals surface area contributed by atoms with Gasteiger partial charge in [-0.05, 0) is 60.0 Å². The molecule has 1 unspecified atom stereocenters. The second kappa shape index (κ2) is 14.4. The van der Waals surface area contributed by atoms with Gasteiger partial charge in [0.25, 0.3) is 0 Å². The quantitative estimate of drug-likeness (QED) is 0.0813. The van der Waals surface area contributed by atoms with E-state index in [2.05, 4.69) is 9.50 Å². The summed E-state index contributed by atoms with van der Waals surface area (Å²) >= 11 is 0. The second-order valence-corrected chi connectivity index (χ2v) is 11.0. The Hall–Kier alpha value is -3.66. The second-order valence-electron chi connectivity index (χ2n) is 9.47. The van der Waals surface area contributed by atoms with Gasteiger partial charge in [0.05, 0.1) is 18.6 Å². The van der Waals surface area contributed by atoms with E-state index in [1.807, 2.05) is 0 Å². The number of aliphatic hydroxyl groups is 1. The first kappa shape index (κ1) is 34.8. The molecule has 1 atom stereocenters. The molecule has 0 bridgehead atoms. The molecular weight excluding hydrogens is 618 g/mol. The lowest BCUT2D eigenvalue weighted by atomic mass is 9.94. The molecule has 44 heavy (non-hydrogen) atoms. The molecular formula is C29H30F6N2O6S. The van der Waals surface area contributed by atoms with Crippen LogP contribution in [-0.4, -0.2) is 49.4 Å². The van der Waals surface area contributed by atoms with E-state index in [-0.39, 0.29) is 54.9 Å². The lowest BCUT2D eigenvalue weighted by Gasteiger charge is -2.29. The third-order valence-electron chi connectivity index (χ3n) is 6.36. The van der Waals surface area contributed by atoms with Crippen LogP contribution in [0.1, 0.15) is 36.1 Å². The van der Waals surface area contributed by atoms with Crippen LogP contribution in [0.15, 0.2) is 66.7 Å². The van der Waals surface area contributed by atoms with Gasteiger partial charge in [0.1, 0.15) is 0 Å². The molecule has 2 N–H and O–H groups in total. The molecule has 0 aliphatic carbocycles. The average Bonchev–Trinajstić information content (AvgIpc) is 2.95. The number of hydrogen-bond acceptors (Lipinski definition) is 8. The molecule has 0 aliphatic heterocycles. The van der Waals surface area contributed by atoms with E-state index in [9.17, 15) is 44.7 Å². The van der Waals surface area contributed by atoms with E-state index in [0.717, 1.165) is 35.9 Å². The summed E-state index contributed by atoms with van der Waals surface area (Å²) < 4.78 is 114. The highest BCUT2D eigenvalue weighted by molar-refractivity contribution is 7.88. The first-order chi connectivity index (χ1) is 20.6. The molecule has 240 valence electrons. The Morgan fingerprint density at radius 1 is 0.932 bits per heavy atom. The number of nitrogens with zero attached hydrogens (tertiary/aromatic N) is 1. The number of alkyl halides is 6. The predicted octanol–water partition coefficient (Wildman–Crippen LogP) is 5.59. The maximum Gasteiger partial charge on any atom is 0.534 e. The van der Waals surface area contributed by atoms with Gasteiger partial charge in [-0.3, -0.25) is 15.0 Å². The topological polar surface area (TPSA) is 105 Å². The van der Waals surface area contributed by atoms with Crippen LogP contribution in [0.5, 0.6) is 5.75 Å². The van der Waals surface area contributed by atoms with Crippen LogP contribution in [0.25, 0.3) is 11.1 Å². The zero-order chi connectivity index (χ0) is 32.7. The molecule has 0 aliphatic rings. The maximum atomic E-state index is 13.7. The first-order valence-corrected chi connectivity index (χ1v) is 14.7. The Bertz CT molecular complexity index is 1530. The van der Waals surface area contributed by atoms with E-state index in [1.165, 1.54) is 4.90 Å². The van der Waals surface area contributed by atoms with Crippen LogP contribution in [0.4, 0.5) is 26.3 Å². The van der Waals surface area contributed by atoms with E-state index in [1.54, 1.807) is 44.2 Å². The third-order valence-corrected chi connectivity index (χ3v) is 7.33. The molecule has 0 saturated heterocycles. The van der Waals surface area contributed by atoms with Crippen molar-refractivity contribution in [3.05, 3.63) is 89.0 Å². The number of ether oxygens (including phenoxy) is 1. The van der Waals surface area contributed by atoms with Gasteiger partial charge < -0.3 is 14.0 Å². The van der Waals surface area contributed by atoms with Crippen molar-refractivity contribution in [2.75, 3.05) is 13.2 Å². The number of rotatable bonds is 13. The maximum absolute atomic E-state index is 13.7. The van der Waals surface area contributed by atoms with Gasteiger partial charge in [-0.15, -0.1) is 0 Å². The van der Waals surface area contributed by atoms with Crippen molar-refractivity contribution in [2.24, 2.45) is 0 Å². The fraction of sp³-hybridized carbons (Fsp3) is 0.345. The van der Waals surface area contributed by atoms with Crippen LogP contribution >= 0.6 is 0 Å². The normalized spacial score (nSPS) is 13.1. The summed E-state index contributed by atoms with van der Waals surface area (Å²) in [5, 5.41) is 13.7. The van der Waals surface area contributed by atoms with E-state index < -0.39 is 45.4 Å². The Morgan fingerprint density at radius 3 is 2.20 bits per heavy atom. The molecule has 0 heterocycles. The predicted molar refractivity (Wildman–Crippen MR) is 148 cm³/mol. The first-order valence-electron chi connectivity index (χ1n) is 13.2. The summed E-state index contributed by atoms with van der Waals surface area (Å²) in [6.07, 6.45) is -6.54. The average molecular weight is 649 g/mol. The Morgan fingerprint density at radius 2 is 1.61 bits per heavy atom. The summed E-state index contributed by atoms with van der Waals surface area (Å²) in [4.78, 5) is 13.4. The molecule has 0 aromatic heterocycles. The van der Waals surface area contributed by atoms with Crippen LogP contribution in [0.2, 0.25) is 0 Å². The van der Waals surface area contributed by atoms with Crippen molar-refractivity contribution in [1.82, 2.24) is 10.2 Å². The summed E-state index contributed by atoms with van der Waals surface area (Å²) in [7, 11) is -6.18. The fourth-order valence-electron chi connectivity index (χ4n) is 4.20. The van der Waals surface area contributed by atoms with Gasteiger partial charge in [-0.1, -0.05) is 49.4 Å². The molecule has 8 nitrogen and oxygen atoms in total. The molecule has 0 amide bonds. The molecule has 3 aromatic rings. The fourth-order valence-corrected chi connectivity index (χ4v) is 4.68. The third kappa shape index (κ3) is 9.17. The van der Waals surface area contributed by atoms with Crippen molar-refractivity contribution in [2.45, 2.75) is 51.4 Å². The monoisotopic (exact) mass is 648 g/mol. The SMILES string of the molecule is CCOC(=O)Cc1ccc(OS(=O)(=O)C(F)(F)F)c(-c2ccc(C(F)(F)F)cc2CN(CC)C(O)NCc2ccccc2)c1. The van der Waals surface area contributed by atoms with Crippen molar-refractivity contribution in [3.8, 4) is 16.9 Å². The standard InChI is InChI=1S/C29H30F6N2O6S/c1-3-37(27(39)36-17-19-8-6-5-7-9-19)18-21-16-22(28(30,31)32)11-12-23(21)24-14-20(15-26(38)42-4-2)10-13-25(24)43-44(40,41)29(33,34)35/h5-14,16,27,36,39H,3-4,15,17-18H2,1-2H3. The van der Waals surface area contributed by atoms with Crippen molar-refractivity contribution in [1.29, 1.82) is 0 Å². The van der Waals surface area contributed by atoms with Crippen LogP contribution in [0.3, 0.4) is 0 Å². The number of carbonyl (C=O) groups excluding carboxylic acids is 1. The van der Waals surface area contributed by atoms with Crippen molar-refractivity contribution in [3.63, 3.8) is 0 Å². The number of hydrogen-bond donors (Lipinski definition) is 2. The highest BCUT2D eigenvalue weighted by atomic mass is 32.2. The largest absolute Gasteiger partial charge is 0.534 e. The van der Waals surface area contributed by atoms with Crippen molar-refractivity contribution < 1.29 is 53.6 Å². The summed E-state index contributed by atoms with van der Waals surface area (Å²) in [5.74, 6) is -1.53. The Kier molecular flexibility index (Phi) is 11.4. The van der Waals surface area contributed by atoms with Crippen LogP contribution < -0.4 is 9.50 Å². The summed E-state index contributed by atoms with van der Waals surface area (Å²) in [6.45, 7) is 3.19. The highest BCUT2D eigenvalue weighted by Crippen LogP contribution is 2.40. The van der Waals surface area contributed by atoms with Gasteiger partial charge in [0.2, 0.25) is 0 Å². The zero-order valence-electron chi connectivity index (χ0n) is 23.6. The van der Waals surface area contributed by atoms with Gasteiger partial charge in [0, 0.05) is 18.7 Å². The lowest BCUT2D eigenvalue weighted by molar-refractivity contribution is -0.142. The van der Waals surface area contributed by atoms with E-state index in [0.29, 0.717) is 6.07 Å². The Labute approximate surface area is 250 Å². The summed E-state index contributed by atoms with van der Waals surface area (Å²) in [6, 6.07) is 14.5. The minimum atomic E-state index is -6.18. The molecule has 0 spiro atoms. The van der Waals surface area contributed by atoms with E-state index >= 15 is 0 Å². The number of benzene rings is 3. The molecule has 3 rings (SSSR count). The smallest absolute Gasteiger partial charge is 0.466 e. The summed E-state index contributed by atoms with van der Waals surface area (Å²) in [5.41, 5.74) is -6.48. The van der Waals surface area contributed by atoms with Gasteiger partial charge >= 0.3 is 27.8 Å². The van der Waals surface area contributed by atoms with Crippen molar-refractivity contribution >= 4 is 16.1 Å². The molecule has 0 fully saturated rings. The van der Waals surface area contributed by atoms with Gasteiger partial charge in [-0.2, -0.15) is 34.8 Å². The lowest BCUT2D eigenvalue weighted by Crippen LogP contribution is -2.44. The van der Waals surface area contributed by atoms with Gasteiger partial charge in [-0.25, -0.2) is 0 Å². The molecule has 0 radical (unpaired) electrons. The minimum Gasteiger partial charge on any atom is -0.466 e. The molecule has 3 aromatic carbocycles. The number of carbonyl (C=O) groups is 1. The van der Waals surface area contributed by atoms with Crippen LogP contribution in [0, 0.1) is 0 Å². The van der Waals surface area contributed by atoms with Gasteiger partial charge in [0.15, 0.2) is 12.1 Å². The zero-order valence-corrected chi connectivity index (χ0v) is 24.4. The number of halogens is 6. The highest BCUT2D eigenvalue weighted by Gasteiger charge is 2.49. The number of esters is 1. The minimum absolute atomic E-state index is 0.0350. The molecule has 15 heteroatoms. The number of aliphatic hydroxyl groups excluding tert-OH is 1. The van der Waals surface area contributed by atoms with E-state index in [4.69, 9.17) is 4.74 Å². The van der Waals surface area contributed by atoms with Crippen LogP contribution in [-0.2, 0) is 45.3 Å². The number of nitrogens with one attached hydrogen (secondary N) is 1. The molecule has 0 saturated carbocycles.